The zero-order chi connectivity index (χ0) is 12.0. The zero-order valence-electron chi connectivity index (χ0n) is 9.64. The van der Waals surface area contributed by atoms with E-state index in [2.05, 4.69) is 0 Å². The summed E-state index contributed by atoms with van der Waals surface area (Å²) in [5.41, 5.74) is 1.11. The molecule has 0 heterocycles. The maximum absolute atomic E-state index is 11.1. The van der Waals surface area contributed by atoms with E-state index in [-0.39, 0.29) is 5.91 Å². The third-order valence-corrected chi connectivity index (χ3v) is 2.43. The number of nitrogens with zero attached hydrogens (tertiary/aromatic N) is 1. The monoisotopic (exact) mass is 223 g/mol. The first-order valence-corrected chi connectivity index (χ1v) is 5.15. The SMILES string of the molecule is COc1cccc(CCN(C)C(=O)CO)c1. The molecule has 1 N–H and O–H groups in total. The van der Waals surface area contributed by atoms with Crippen molar-refractivity contribution in [3.8, 4) is 5.75 Å². The third-order valence-electron chi connectivity index (χ3n) is 2.43. The van der Waals surface area contributed by atoms with Gasteiger partial charge >= 0.3 is 0 Å². The van der Waals surface area contributed by atoms with Gasteiger partial charge in [-0.05, 0) is 24.1 Å². The zero-order valence-corrected chi connectivity index (χ0v) is 9.64. The Labute approximate surface area is 95.5 Å². The Hall–Kier alpha value is -1.55. The number of methoxy groups -OCH3 is 1. The van der Waals surface area contributed by atoms with Crippen LogP contribution in [-0.4, -0.2) is 43.2 Å². The van der Waals surface area contributed by atoms with Gasteiger partial charge in [0.25, 0.3) is 0 Å². The maximum atomic E-state index is 11.1. The molecule has 0 aliphatic rings. The number of ether oxygens (including phenoxy) is 1. The van der Waals surface area contributed by atoms with Crippen molar-refractivity contribution in [3.63, 3.8) is 0 Å². The minimum Gasteiger partial charge on any atom is -0.497 e. The van der Waals surface area contributed by atoms with Gasteiger partial charge in [-0.3, -0.25) is 4.79 Å². The first-order chi connectivity index (χ1) is 7.67. The summed E-state index contributed by atoms with van der Waals surface area (Å²) in [6, 6.07) is 7.73. The van der Waals surface area contributed by atoms with Gasteiger partial charge in [-0.25, -0.2) is 0 Å². The lowest BCUT2D eigenvalue weighted by Crippen LogP contribution is -2.31. The van der Waals surface area contributed by atoms with Crippen LogP contribution < -0.4 is 4.74 Å². The summed E-state index contributed by atoms with van der Waals surface area (Å²) in [4.78, 5) is 12.6. The summed E-state index contributed by atoms with van der Waals surface area (Å²) < 4.78 is 5.11. The van der Waals surface area contributed by atoms with E-state index < -0.39 is 6.61 Å². The van der Waals surface area contributed by atoms with Gasteiger partial charge in [-0.15, -0.1) is 0 Å². The molecule has 0 aliphatic carbocycles. The fraction of sp³-hybridized carbons (Fsp3) is 0.417. The van der Waals surface area contributed by atoms with E-state index in [9.17, 15) is 4.79 Å². The molecule has 0 fully saturated rings. The van der Waals surface area contributed by atoms with Crippen LogP contribution in [0, 0.1) is 0 Å². The van der Waals surface area contributed by atoms with Crippen LogP contribution in [0.1, 0.15) is 5.56 Å². The smallest absolute Gasteiger partial charge is 0.248 e. The standard InChI is InChI=1S/C12H17NO3/c1-13(12(15)9-14)7-6-10-4-3-5-11(8-10)16-2/h3-5,8,14H,6-7,9H2,1-2H3. The second-order valence-electron chi connectivity index (χ2n) is 3.57. The summed E-state index contributed by atoms with van der Waals surface area (Å²) in [5.74, 6) is 0.552. The number of amides is 1. The highest BCUT2D eigenvalue weighted by Crippen LogP contribution is 2.13. The number of carbonyl (C=O) groups is 1. The van der Waals surface area contributed by atoms with Crippen LogP contribution in [0.5, 0.6) is 5.75 Å². The molecule has 4 heteroatoms. The Bertz CT molecular complexity index is 352. The average Bonchev–Trinajstić information content (AvgIpc) is 2.35. The highest BCUT2D eigenvalue weighted by Gasteiger charge is 2.06. The number of carbonyl (C=O) groups excluding carboxylic acids is 1. The lowest BCUT2D eigenvalue weighted by atomic mass is 10.1. The van der Waals surface area contributed by atoms with Crippen LogP contribution in [0.2, 0.25) is 0 Å². The van der Waals surface area contributed by atoms with Gasteiger partial charge < -0.3 is 14.7 Å². The summed E-state index contributed by atoms with van der Waals surface area (Å²) >= 11 is 0. The van der Waals surface area contributed by atoms with Crippen LogP contribution in [0.25, 0.3) is 0 Å². The minimum absolute atomic E-state index is 0.261. The van der Waals surface area contributed by atoms with Crippen molar-refractivity contribution >= 4 is 5.91 Å². The lowest BCUT2D eigenvalue weighted by Gasteiger charge is -2.15. The first kappa shape index (κ1) is 12.5. The average molecular weight is 223 g/mol. The normalized spacial score (nSPS) is 9.94. The topological polar surface area (TPSA) is 49.8 Å². The molecule has 88 valence electrons. The summed E-state index contributed by atoms with van der Waals surface area (Å²) in [6.07, 6.45) is 0.749. The molecule has 0 bridgehead atoms. The largest absolute Gasteiger partial charge is 0.497 e. The number of aliphatic hydroxyl groups excluding tert-OH is 1. The lowest BCUT2D eigenvalue weighted by molar-refractivity contribution is -0.132. The molecular formula is C12H17NO3. The van der Waals surface area contributed by atoms with Gasteiger partial charge in [-0.2, -0.15) is 0 Å². The second kappa shape index (κ2) is 6.12. The van der Waals surface area contributed by atoms with Crippen LogP contribution >= 0.6 is 0 Å². The van der Waals surface area contributed by atoms with Gasteiger partial charge in [0, 0.05) is 13.6 Å². The van der Waals surface area contributed by atoms with Crippen molar-refractivity contribution in [1.82, 2.24) is 4.90 Å². The van der Waals surface area contributed by atoms with E-state index in [0.29, 0.717) is 6.54 Å². The fourth-order valence-corrected chi connectivity index (χ4v) is 1.37. The van der Waals surface area contributed by atoms with Gasteiger partial charge in [-0.1, -0.05) is 12.1 Å². The van der Waals surface area contributed by atoms with Crippen molar-refractivity contribution in [3.05, 3.63) is 29.8 Å². The van der Waals surface area contributed by atoms with Crippen LogP contribution in [-0.2, 0) is 11.2 Å². The molecule has 16 heavy (non-hydrogen) atoms. The van der Waals surface area contributed by atoms with E-state index in [4.69, 9.17) is 9.84 Å². The van der Waals surface area contributed by atoms with Crippen molar-refractivity contribution in [2.45, 2.75) is 6.42 Å². The Kier molecular flexibility index (Phi) is 4.79. The second-order valence-corrected chi connectivity index (χ2v) is 3.57. The Morgan fingerprint density at radius 1 is 1.50 bits per heavy atom. The quantitative estimate of drug-likeness (QED) is 0.799. The molecular weight excluding hydrogens is 206 g/mol. The van der Waals surface area contributed by atoms with Gasteiger partial charge in [0.15, 0.2) is 0 Å². The molecule has 0 atom stereocenters. The molecule has 1 aromatic carbocycles. The number of likely N-dealkylation sites (N-methyl/N-ethyl adjacent to an activating group) is 1. The molecule has 0 aliphatic heterocycles. The molecule has 1 aromatic rings. The Balaban J connectivity index is 2.51. The van der Waals surface area contributed by atoms with Crippen molar-refractivity contribution in [1.29, 1.82) is 0 Å². The molecule has 1 rings (SSSR count). The molecule has 1 amide bonds. The highest BCUT2D eigenvalue weighted by molar-refractivity contribution is 5.76. The Morgan fingerprint density at radius 3 is 2.88 bits per heavy atom. The Morgan fingerprint density at radius 2 is 2.25 bits per heavy atom. The maximum Gasteiger partial charge on any atom is 0.248 e. The predicted octanol–water partition coefficient (Wildman–Crippen LogP) is 0.688. The first-order valence-electron chi connectivity index (χ1n) is 5.15. The number of hydrogen-bond acceptors (Lipinski definition) is 3. The molecule has 0 saturated carbocycles. The van der Waals surface area contributed by atoms with Crippen molar-refractivity contribution in [2.75, 3.05) is 27.3 Å². The number of aliphatic hydroxyl groups is 1. The van der Waals surface area contributed by atoms with Gasteiger partial charge in [0.2, 0.25) is 5.91 Å². The van der Waals surface area contributed by atoms with E-state index >= 15 is 0 Å². The molecule has 0 spiro atoms. The van der Waals surface area contributed by atoms with Crippen LogP contribution in [0.3, 0.4) is 0 Å². The summed E-state index contributed by atoms with van der Waals surface area (Å²) in [7, 11) is 3.30. The molecule has 4 nitrogen and oxygen atoms in total. The predicted molar refractivity (Wildman–Crippen MR) is 61.4 cm³/mol. The molecule has 0 aromatic heterocycles. The van der Waals surface area contributed by atoms with Crippen LogP contribution in [0.15, 0.2) is 24.3 Å². The van der Waals surface area contributed by atoms with Gasteiger partial charge in [0.05, 0.1) is 7.11 Å². The number of benzene rings is 1. The van der Waals surface area contributed by atoms with Crippen LogP contribution in [0.4, 0.5) is 0 Å². The van der Waals surface area contributed by atoms with Gasteiger partial charge in [0.1, 0.15) is 12.4 Å². The van der Waals surface area contributed by atoms with E-state index in [0.717, 1.165) is 17.7 Å². The fourth-order valence-electron chi connectivity index (χ4n) is 1.37. The molecule has 0 radical (unpaired) electrons. The minimum atomic E-state index is -0.436. The van der Waals surface area contributed by atoms with E-state index in [1.807, 2.05) is 24.3 Å². The van der Waals surface area contributed by atoms with E-state index in [1.165, 1.54) is 4.90 Å². The number of rotatable bonds is 5. The third kappa shape index (κ3) is 3.55. The number of hydrogen-bond donors (Lipinski definition) is 1. The summed E-state index contributed by atoms with van der Waals surface area (Å²) in [5, 5.41) is 8.67. The summed E-state index contributed by atoms with van der Waals surface area (Å²) in [6.45, 7) is 0.154. The molecule has 0 saturated heterocycles. The van der Waals surface area contributed by atoms with Crippen molar-refractivity contribution in [2.24, 2.45) is 0 Å². The molecule has 0 unspecified atom stereocenters. The van der Waals surface area contributed by atoms with E-state index in [1.54, 1.807) is 14.2 Å². The van der Waals surface area contributed by atoms with Crippen molar-refractivity contribution < 1.29 is 14.6 Å². The highest BCUT2D eigenvalue weighted by atomic mass is 16.5.